The molecule has 0 radical (unpaired) electrons. The summed E-state index contributed by atoms with van der Waals surface area (Å²) in [5.74, 6) is -0.851. The van der Waals surface area contributed by atoms with Gasteiger partial charge in [0, 0.05) is 17.7 Å². The van der Waals surface area contributed by atoms with Crippen molar-refractivity contribution in [2.24, 2.45) is 7.05 Å². The molecular weight excluding hydrogens is 408 g/mol. The first-order valence-electron chi connectivity index (χ1n) is 7.36. The lowest BCUT2D eigenvalue weighted by atomic mass is 10.3. The summed E-state index contributed by atoms with van der Waals surface area (Å²) in [6.45, 7) is 0.0680. The van der Waals surface area contributed by atoms with Gasteiger partial charge in [0.05, 0.1) is 16.8 Å². The van der Waals surface area contributed by atoms with Gasteiger partial charge in [-0.3, -0.25) is 20.4 Å². The number of hydrazine groups is 1. The van der Waals surface area contributed by atoms with E-state index in [2.05, 4.69) is 31.8 Å². The lowest BCUT2D eigenvalue weighted by molar-refractivity contribution is -0.126. The number of para-hydroxylation sites is 1. The number of ether oxygens (including phenoxy) is 1. The Morgan fingerprint density at radius 3 is 2.84 bits per heavy atom. The van der Waals surface area contributed by atoms with Gasteiger partial charge >= 0.3 is 0 Å². The highest BCUT2D eigenvalue weighted by Gasteiger charge is 2.12. The Hall–Kier alpha value is -2.23. The first-order valence-corrected chi connectivity index (χ1v) is 8.97. The number of amides is 2. The minimum atomic E-state index is -0.442. The van der Waals surface area contributed by atoms with E-state index in [0.717, 1.165) is 19.7 Å². The van der Waals surface area contributed by atoms with Crippen LogP contribution in [0.25, 0.3) is 10.2 Å². The van der Waals surface area contributed by atoms with E-state index in [1.54, 1.807) is 23.9 Å². The van der Waals surface area contributed by atoms with Crippen LogP contribution in [0.2, 0.25) is 0 Å². The van der Waals surface area contributed by atoms with Crippen molar-refractivity contribution in [2.75, 3.05) is 6.61 Å². The van der Waals surface area contributed by atoms with Crippen LogP contribution in [0.1, 0.15) is 15.5 Å². The summed E-state index contributed by atoms with van der Waals surface area (Å²) < 4.78 is 8.86. The van der Waals surface area contributed by atoms with Crippen LogP contribution in [-0.2, 0) is 23.2 Å². The zero-order valence-electron chi connectivity index (χ0n) is 13.3. The van der Waals surface area contributed by atoms with Gasteiger partial charge in [0.1, 0.15) is 17.3 Å². The molecule has 0 aliphatic carbocycles. The van der Waals surface area contributed by atoms with E-state index in [-0.39, 0.29) is 13.2 Å². The smallest absolute Gasteiger partial charge is 0.286 e. The molecule has 0 atom stereocenters. The van der Waals surface area contributed by atoms with E-state index in [1.165, 1.54) is 11.3 Å². The third kappa shape index (κ3) is 4.44. The molecule has 0 spiro atoms. The van der Waals surface area contributed by atoms with Crippen LogP contribution in [-0.4, -0.2) is 28.0 Å². The molecule has 0 aliphatic heterocycles. The number of nitrogens with one attached hydrogen (secondary N) is 2. The van der Waals surface area contributed by atoms with Crippen molar-refractivity contribution < 1.29 is 14.3 Å². The van der Waals surface area contributed by atoms with Gasteiger partial charge in [-0.15, -0.1) is 11.3 Å². The fraction of sp³-hybridized carbons (Fsp3) is 0.188. The molecule has 0 fully saturated rings. The predicted octanol–water partition coefficient (Wildman–Crippen LogP) is 2.38. The molecule has 2 aromatic heterocycles. The number of benzene rings is 1. The largest absolute Gasteiger partial charge is 0.364 e. The van der Waals surface area contributed by atoms with Crippen LogP contribution in [0.3, 0.4) is 0 Å². The van der Waals surface area contributed by atoms with Crippen LogP contribution in [0, 0.1) is 0 Å². The van der Waals surface area contributed by atoms with Crippen LogP contribution in [0.5, 0.6) is 0 Å². The monoisotopic (exact) mass is 422 g/mol. The van der Waals surface area contributed by atoms with Gasteiger partial charge < -0.3 is 9.30 Å². The van der Waals surface area contributed by atoms with Gasteiger partial charge in [-0.25, -0.2) is 4.98 Å². The number of thiazole rings is 1. The fourth-order valence-corrected chi connectivity index (χ4v) is 3.62. The molecule has 0 bridgehead atoms. The topological polar surface area (TPSA) is 85.2 Å². The van der Waals surface area contributed by atoms with Gasteiger partial charge in [0.15, 0.2) is 0 Å². The van der Waals surface area contributed by atoms with Crippen molar-refractivity contribution in [1.82, 2.24) is 20.4 Å². The highest BCUT2D eigenvalue weighted by atomic mass is 79.9. The van der Waals surface area contributed by atoms with Gasteiger partial charge in [-0.1, -0.05) is 12.1 Å². The quantitative estimate of drug-likeness (QED) is 0.618. The number of hydrogen-bond donors (Lipinski definition) is 2. The summed E-state index contributed by atoms with van der Waals surface area (Å²) in [4.78, 5) is 28.1. The molecule has 2 N–H and O–H groups in total. The number of fused-ring (bicyclic) bond motifs is 1. The highest BCUT2D eigenvalue weighted by Crippen LogP contribution is 2.21. The lowest BCUT2D eigenvalue weighted by Crippen LogP contribution is -2.43. The molecule has 25 heavy (non-hydrogen) atoms. The molecule has 3 aromatic rings. The summed E-state index contributed by atoms with van der Waals surface area (Å²) in [6, 6.07) is 9.45. The Kier molecular flexibility index (Phi) is 5.47. The average Bonchev–Trinajstić information content (AvgIpc) is 3.14. The molecule has 2 heterocycles. The van der Waals surface area contributed by atoms with Gasteiger partial charge in [0.2, 0.25) is 0 Å². The van der Waals surface area contributed by atoms with Crippen LogP contribution in [0.4, 0.5) is 0 Å². The second-order valence-corrected chi connectivity index (χ2v) is 7.26. The number of carbonyl (C=O) groups is 2. The fourth-order valence-electron chi connectivity index (χ4n) is 2.19. The van der Waals surface area contributed by atoms with E-state index < -0.39 is 11.8 Å². The maximum Gasteiger partial charge on any atom is 0.286 e. The Labute approximate surface area is 156 Å². The predicted molar refractivity (Wildman–Crippen MR) is 98.0 cm³/mol. The Bertz CT molecular complexity index is 888. The van der Waals surface area contributed by atoms with Crippen molar-refractivity contribution in [3.8, 4) is 0 Å². The SMILES string of the molecule is Cn1cc(Br)cc1C(=O)NNC(=O)COCc1nc2ccccc2s1. The number of halogens is 1. The number of nitrogens with zero attached hydrogens (tertiary/aromatic N) is 2. The van der Waals surface area contributed by atoms with E-state index in [1.807, 2.05) is 24.3 Å². The number of aromatic nitrogens is 2. The van der Waals surface area contributed by atoms with E-state index in [9.17, 15) is 9.59 Å². The zero-order chi connectivity index (χ0) is 17.8. The molecule has 0 saturated heterocycles. The number of rotatable bonds is 5. The molecule has 0 saturated carbocycles. The van der Waals surface area contributed by atoms with Gasteiger partial charge in [-0.2, -0.15) is 0 Å². The van der Waals surface area contributed by atoms with Crippen molar-refractivity contribution in [3.63, 3.8) is 0 Å². The number of carbonyl (C=O) groups excluding carboxylic acids is 2. The molecule has 7 nitrogen and oxygen atoms in total. The highest BCUT2D eigenvalue weighted by molar-refractivity contribution is 9.10. The summed E-state index contributed by atoms with van der Waals surface area (Å²) >= 11 is 4.81. The molecule has 0 unspecified atom stereocenters. The Morgan fingerprint density at radius 1 is 1.32 bits per heavy atom. The van der Waals surface area contributed by atoms with E-state index in [0.29, 0.717) is 5.69 Å². The van der Waals surface area contributed by atoms with Crippen molar-refractivity contribution in [2.45, 2.75) is 6.61 Å². The van der Waals surface area contributed by atoms with Gasteiger partial charge in [0.25, 0.3) is 11.8 Å². The minimum absolute atomic E-state index is 0.174. The van der Waals surface area contributed by atoms with Crippen molar-refractivity contribution in [3.05, 3.63) is 51.7 Å². The maximum absolute atomic E-state index is 12.0. The lowest BCUT2D eigenvalue weighted by Gasteiger charge is -2.08. The minimum Gasteiger partial charge on any atom is -0.364 e. The second kappa shape index (κ2) is 7.77. The third-order valence-electron chi connectivity index (χ3n) is 3.32. The molecule has 1 aromatic carbocycles. The summed E-state index contributed by atoms with van der Waals surface area (Å²) in [5, 5.41) is 0.798. The first-order chi connectivity index (χ1) is 12.0. The summed E-state index contributed by atoms with van der Waals surface area (Å²) in [6.07, 6.45) is 1.75. The van der Waals surface area contributed by atoms with Crippen LogP contribution >= 0.6 is 27.3 Å². The standard InChI is InChI=1S/C16H15BrN4O3S/c1-21-7-10(17)6-12(21)16(23)20-19-14(22)8-24-9-15-18-11-4-2-3-5-13(11)25-15/h2-7H,8-9H2,1H3,(H,19,22)(H,20,23). The molecule has 3 rings (SSSR count). The van der Waals surface area contributed by atoms with E-state index in [4.69, 9.17) is 4.74 Å². The van der Waals surface area contributed by atoms with Crippen molar-refractivity contribution >= 4 is 49.3 Å². The first kappa shape index (κ1) is 17.6. The van der Waals surface area contributed by atoms with Crippen LogP contribution in [0.15, 0.2) is 41.0 Å². The van der Waals surface area contributed by atoms with Gasteiger partial charge in [-0.05, 0) is 34.1 Å². The molecule has 0 aliphatic rings. The average molecular weight is 423 g/mol. The summed E-state index contributed by atoms with van der Waals surface area (Å²) in [7, 11) is 1.74. The third-order valence-corrected chi connectivity index (χ3v) is 4.76. The number of aryl methyl sites for hydroxylation is 1. The molecular formula is C16H15BrN4O3S. The normalized spacial score (nSPS) is 10.8. The van der Waals surface area contributed by atoms with Crippen molar-refractivity contribution in [1.29, 1.82) is 0 Å². The number of hydrogen-bond acceptors (Lipinski definition) is 5. The van der Waals surface area contributed by atoms with Crippen LogP contribution < -0.4 is 10.9 Å². The molecule has 130 valence electrons. The molecule has 9 heteroatoms. The maximum atomic E-state index is 12.0. The Morgan fingerprint density at radius 2 is 2.12 bits per heavy atom. The molecule has 2 amide bonds. The van der Waals surface area contributed by atoms with E-state index >= 15 is 0 Å². The zero-order valence-corrected chi connectivity index (χ0v) is 15.7. The Balaban J connectivity index is 1.43. The summed E-state index contributed by atoms with van der Waals surface area (Å²) in [5.41, 5.74) is 6.00. The second-order valence-electron chi connectivity index (χ2n) is 5.22.